The van der Waals surface area contributed by atoms with E-state index in [-0.39, 0.29) is 23.4 Å². The van der Waals surface area contributed by atoms with Gasteiger partial charge in [0.05, 0.1) is 6.04 Å². The summed E-state index contributed by atoms with van der Waals surface area (Å²) in [5.74, 6) is -1.89. The molecule has 1 saturated heterocycles. The first-order chi connectivity index (χ1) is 11.4. The Hall–Kier alpha value is -2.02. The van der Waals surface area contributed by atoms with Crippen molar-refractivity contribution in [2.24, 2.45) is 0 Å². The van der Waals surface area contributed by atoms with Crippen LogP contribution in [0.4, 0.5) is 8.78 Å². The molecule has 0 bridgehead atoms. The molecule has 1 aliphatic heterocycles. The fourth-order valence-corrected chi connectivity index (χ4v) is 2.89. The summed E-state index contributed by atoms with van der Waals surface area (Å²) in [5, 5.41) is 2.98. The van der Waals surface area contributed by atoms with Crippen molar-refractivity contribution < 1.29 is 18.4 Å². The standard InChI is InChI=1S/C17H21F2N3O2/c1-11(16(23)20-15-2-3-15)21-4-6-22(7-5-21)17(24)12-8-13(18)10-14(19)9-12/h8-11,15H,2-7H2,1H3,(H,20,23). The van der Waals surface area contributed by atoms with Crippen molar-refractivity contribution in [3.05, 3.63) is 35.4 Å². The molecule has 130 valence electrons. The van der Waals surface area contributed by atoms with Crippen molar-refractivity contribution in [1.82, 2.24) is 15.1 Å². The van der Waals surface area contributed by atoms with Gasteiger partial charge in [-0.1, -0.05) is 0 Å². The Morgan fingerprint density at radius 1 is 1.08 bits per heavy atom. The van der Waals surface area contributed by atoms with E-state index in [2.05, 4.69) is 5.32 Å². The van der Waals surface area contributed by atoms with Crippen molar-refractivity contribution in [2.45, 2.75) is 31.8 Å². The van der Waals surface area contributed by atoms with Crippen LogP contribution in [0.25, 0.3) is 0 Å². The molecule has 1 atom stereocenters. The number of hydrogen-bond donors (Lipinski definition) is 1. The maximum atomic E-state index is 13.3. The first kappa shape index (κ1) is 16.8. The zero-order valence-corrected chi connectivity index (χ0v) is 13.6. The molecule has 0 spiro atoms. The highest BCUT2D eigenvalue weighted by molar-refractivity contribution is 5.94. The Labute approximate surface area is 139 Å². The van der Waals surface area contributed by atoms with E-state index in [0.717, 1.165) is 31.0 Å². The summed E-state index contributed by atoms with van der Waals surface area (Å²) in [5.41, 5.74) is 0.0143. The lowest BCUT2D eigenvalue weighted by Crippen LogP contribution is -2.55. The molecular formula is C17H21F2N3O2. The van der Waals surface area contributed by atoms with Crippen LogP contribution in [-0.2, 0) is 4.79 Å². The molecule has 24 heavy (non-hydrogen) atoms. The van der Waals surface area contributed by atoms with Crippen molar-refractivity contribution in [2.75, 3.05) is 26.2 Å². The summed E-state index contributed by atoms with van der Waals surface area (Å²) in [6.07, 6.45) is 2.09. The molecule has 3 rings (SSSR count). The van der Waals surface area contributed by atoms with Gasteiger partial charge in [0.1, 0.15) is 11.6 Å². The second-order valence-electron chi connectivity index (χ2n) is 6.45. The predicted octanol–water partition coefficient (Wildman–Crippen LogP) is 1.39. The fourth-order valence-electron chi connectivity index (χ4n) is 2.89. The second-order valence-corrected chi connectivity index (χ2v) is 6.45. The number of carbonyl (C=O) groups is 2. The van der Waals surface area contributed by atoms with E-state index in [1.807, 2.05) is 11.8 Å². The summed E-state index contributed by atoms with van der Waals surface area (Å²) in [4.78, 5) is 28.0. The number of nitrogens with zero attached hydrogens (tertiary/aromatic N) is 2. The molecule has 1 aromatic carbocycles. The fraction of sp³-hybridized carbons (Fsp3) is 0.529. The highest BCUT2D eigenvalue weighted by Gasteiger charge is 2.31. The van der Waals surface area contributed by atoms with Crippen LogP contribution in [0.2, 0.25) is 0 Å². The molecule has 5 nitrogen and oxygen atoms in total. The average Bonchev–Trinajstić information content (AvgIpc) is 3.36. The predicted molar refractivity (Wildman–Crippen MR) is 84.5 cm³/mol. The third kappa shape index (κ3) is 3.90. The zero-order chi connectivity index (χ0) is 17.3. The van der Waals surface area contributed by atoms with Gasteiger partial charge < -0.3 is 10.2 Å². The van der Waals surface area contributed by atoms with Crippen molar-refractivity contribution >= 4 is 11.8 Å². The normalized spacial score (nSPS) is 19.9. The molecule has 1 unspecified atom stereocenters. The minimum atomic E-state index is -0.762. The van der Waals surface area contributed by atoms with Crippen molar-refractivity contribution in [3.63, 3.8) is 0 Å². The maximum absolute atomic E-state index is 13.3. The molecule has 1 saturated carbocycles. The Kier molecular flexibility index (Phi) is 4.80. The molecule has 1 heterocycles. The van der Waals surface area contributed by atoms with Gasteiger partial charge in [-0.05, 0) is 31.9 Å². The molecule has 0 aromatic heterocycles. The number of carbonyl (C=O) groups excluding carboxylic acids is 2. The third-order valence-corrected chi connectivity index (χ3v) is 4.56. The molecule has 2 fully saturated rings. The van der Waals surface area contributed by atoms with Gasteiger partial charge in [-0.2, -0.15) is 0 Å². The second kappa shape index (κ2) is 6.84. The summed E-state index contributed by atoms with van der Waals surface area (Å²) in [6, 6.07) is 2.92. The van der Waals surface area contributed by atoms with Crippen LogP contribution in [0.15, 0.2) is 18.2 Å². The van der Waals surface area contributed by atoms with Crippen molar-refractivity contribution in [1.29, 1.82) is 0 Å². The van der Waals surface area contributed by atoms with Gasteiger partial charge in [0.15, 0.2) is 0 Å². The van der Waals surface area contributed by atoms with E-state index >= 15 is 0 Å². The van der Waals surface area contributed by atoms with E-state index < -0.39 is 11.6 Å². The summed E-state index contributed by atoms with van der Waals surface area (Å²) < 4.78 is 26.5. The van der Waals surface area contributed by atoms with Crippen LogP contribution in [0.3, 0.4) is 0 Å². The summed E-state index contributed by atoms with van der Waals surface area (Å²) in [7, 11) is 0. The topological polar surface area (TPSA) is 52.7 Å². The molecular weight excluding hydrogens is 316 g/mol. The number of benzene rings is 1. The van der Waals surface area contributed by atoms with E-state index in [4.69, 9.17) is 0 Å². The van der Waals surface area contributed by atoms with E-state index in [1.54, 1.807) is 4.90 Å². The lowest BCUT2D eigenvalue weighted by molar-refractivity contribution is -0.126. The maximum Gasteiger partial charge on any atom is 0.254 e. The van der Waals surface area contributed by atoms with Crippen LogP contribution in [0.1, 0.15) is 30.1 Å². The van der Waals surface area contributed by atoms with Gasteiger partial charge in [0, 0.05) is 43.9 Å². The quantitative estimate of drug-likeness (QED) is 0.903. The molecule has 2 aliphatic rings. The van der Waals surface area contributed by atoms with Crippen molar-refractivity contribution in [3.8, 4) is 0 Å². The lowest BCUT2D eigenvalue weighted by Gasteiger charge is -2.37. The minimum absolute atomic E-state index is 0.0143. The number of rotatable bonds is 4. The summed E-state index contributed by atoms with van der Waals surface area (Å²) >= 11 is 0. The molecule has 7 heteroatoms. The van der Waals surface area contributed by atoms with Crippen LogP contribution in [0.5, 0.6) is 0 Å². The Morgan fingerprint density at radius 2 is 1.67 bits per heavy atom. The molecule has 1 aromatic rings. The van der Waals surface area contributed by atoms with Crippen LogP contribution in [-0.4, -0.2) is 59.9 Å². The van der Waals surface area contributed by atoms with Gasteiger partial charge in [0.2, 0.25) is 5.91 Å². The van der Waals surface area contributed by atoms with E-state index in [9.17, 15) is 18.4 Å². The Balaban J connectivity index is 1.55. The van der Waals surface area contributed by atoms with Gasteiger partial charge in [-0.3, -0.25) is 14.5 Å². The van der Waals surface area contributed by atoms with E-state index in [1.165, 1.54) is 0 Å². The van der Waals surface area contributed by atoms with Gasteiger partial charge in [-0.25, -0.2) is 8.78 Å². The zero-order valence-electron chi connectivity index (χ0n) is 13.6. The van der Waals surface area contributed by atoms with Crippen LogP contribution >= 0.6 is 0 Å². The van der Waals surface area contributed by atoms with Gasteiger partial charge in [-0.15, -0.1) is 0 Å². The van der Waals surface area contributed by atoms with Crippen LogP contribution in [0, 0.1) is 11.6 Å². The summed E-state index contributed by atoms with van der Waals surface area (Å²) in [6.45, 7) is 3.83. The number of halogens is 2. The first-order valence-electron chi connectivity index (χ1n) is 8.24. The lowest BCUT2D eigenvalue weighted by atomic mass is 10.1. The number of amides is 2. The average molecular weight is 337 g/mol. The number of piperazine rings is 1. The Morgan fingerprint density at radius 3 is 2.21 bits per heavy atom. The number of nitrogens with one attached hydrogen (secondary N) is 1. The molecule has 0 radical (unpaired) electrons. The van der Waals surface area contributed by atoms with Gasteiger partial charge >= 0.3 is 0 Å². The molecule has 1 N–H and O–H groups in total. The highest BCUT2D eigenvalue weighted by atomic mass is 19.1. The molecule has 2 amide bonds. The van der Waals surface area contributed by atoms with Gasteiger partial charge in [0.25, 0.3) is 5.91 Å². The minimum Gasteiger partial charge on any atom is -0.352 e. The largest absolute Gasteiger partial charge is 0.352 e. The SMILES string of the molecule is CC(C(=O)NC1CC1)N1CCN(C(=O)c2cc(F)cc(F)c2)CC1. The number of hydrogen-bond acceptors (Lipinski definition) is 3. The van der Waals surface area contributed by atoms with E-state index in [0.29, 0.717) is 32.2 Å². The Bertz CT molecular complexity index is 620. The first-order valence-corrected chi connectivity index (χ1v) is 8.24. The van der Waals surface area contributed by atoms with Crippen LogP contribution < -0.4 is 5.32 Å². The monoisotopic (exact) mass is 337 g/mol. The highest BCUT2D eigenvalue weighted by Crippen LogP contribution is 2.19. The molecule has 1 aliphatic carbocycles. The third-order valence-electron chi connectivity index (χ3n) is 4.56. The smallest absolute Gasteiger partial charge is 0.254 e.